The molecule has 126 valence electrons. The van der Waals surface area contributed by atoms with Crippen LogP contribution in [0.4, 0.5) is 0 Å². The monoisotopic (exact) mass is 337 g/mol. The van der Waals surface area contributed by atoms with E-state index >= 15 is 0 Å². The Morgan fingerprint density at radius 3 is 2.96 bits per heavy atom. The predicted octanol–water partition coefficient (Wildman–Crippen LogP) is 0.880. The highest BCUT2D eigenvalue weighted by atomic mass is 32.2. The zero-order chi connectivity index (χ0) is 16.7. The summed E-state index contributed by atoms with van der Waals surface area (Å²) in [7, 11) is -3.62. The first-order valence-corrected chi connectivity index (χ1v) is 9.21. The molecule has 1 unspecified atom stereocenters. The van der Waals surface area contributed by atoms with Crippen LogP contribution in [-0.2, 0) is 10.0 Å². The van der Waals surface area contributed by atoms with Crippen molar-refractivity contribution in [1.82, 2.24) is 15.4 Å². The van der Waals surface area contributed by atoms with E-state index in [-0.39, 0.29) is 17.3 Å². The maximum Gasteiger partial charge on any atom is 0.251 e. The van der Waals surface area contributed by atoms with Gasteiger partial charge in [-0.2, -0.15) is 0 Å². The Hall–Kier alpha value is -1.70. The van der Waals surface area contributed by atoms with Gasteiger partial charge in [0.25, 0.3) is 5.91 Å². The number of rotatable bonds is 8. The molecule has 0 aromatic heterocycles. The molecule has 0 bridgehead atoms. The quantitative estimate of drug-likeness (QED) is 0.615. The van der Waals surface area contributed by atoms with Gasteiger partial charge in [0.15, 0.2) is 0 Å². The third kappa shape index (κ3) is 5.16. The van der Waals surface area contributed by atoms with Gasteiger partial charge in [0.2, 0.25) is 10.0 Å². The van der Waals surface area contributed by atoms with Gasteiger partial charge >= 0.3 is 0 Å². The van der Waals surface area contributed by atoms with Crippen molar-refractivity contribution < 1.29 is 13.2 Å². The van der Waals surface area contributed by atoms with E-state index in [1.165, 1.54) is 18.2 Å². The summed E-state index contributed by atoms with van der Waals surface area (Å²) in [5, 5.41) is 6.14. The first kappa shape index (κ1) is 17.7. The highest BCUT2D eigenvalue weighted by molar-refractivity contribution is 7.89. The Bertz CT molecular complexity index is 652. The number of benzene rings is 1. The molecule has 1 heterocycles. The molecular formula is C16H23N3O3S. The summed E-state index contributed by atoms with van der Waals surface area (Å²) < 4.78 is 26.5. The molecule has 6 nitrogen and oxygen atoms in total. The molecule has 1 amide bonds. The molecule has 1 aliphatic heterocycles. The van der Waals surface area contributed by atoms with Crippen molar-refractivity contribution in [2.45, 2.75) is 17.7 Å². The number of sulfonamides is 1. The van der Waals surface area contributed by atoms with Crippen LogP contribution in [0.5, 0.6) is 0 Å². The highest BCUT2D eigenvalue weighted by Gasteiger charge is 2.17. The molecule has 1 aromatic carbocycles. The highest BCUT2D eigenvalue weighted by Crippen LogP contribution is 2.13. The average Bonchev–Trinajstić information content (AvgIpc) is 3.06. The molecule has 1 atom stereocenters. The Kier molecular flexibility index (Phi) is 6.32. The molecule has 2 rings (SSSR count). The first-order chi connectivity index (χ1) is 11.0. The zero-order valence-electron chi connectivity index (χ0n) is 13.0. The molecule has 0 aliphatic carbocycles. The Morgan fingerprint density at radius 1 is 1.43 bits per heavy atom. The van der Waals surface area contributed by atoms with E-state index in [4.69, 9.17) is 0 Å². The molecule has 1 saturated heterocycles. The minimum Gasteiger partial charge on any atom is -0.352 e. The molecule has 0 spiro atoms. The Morgan fingerprint density at radius 2 is 2.26 bits per heavy atom. The van der Waals surface area contributed by atoms with Crippen LogP contribution in [0.1, 0.15) is 23.2 Å². The second-order valence-corrected chi connectivity index (χ2v) is 7.34. The summed E-state index contributed by atoms with van der Waals surface area (Å²) >= 11 is 0. The lowest BCUT2D eigenvalue weighted by atomic mass is 10.1. The topological polar surface area (TPSA) is 87.3 Å². The number of carbonyl (C=O) groups is 1. The fourth-order valence-corrected chi connectivity index (χ4v) is 3.55. The van der Waals surface area contributed by atoms with Gasteiger partial charge in [-0.1, -0.05) is 12.1 Å². The van der Waals surface area contributed by atoms with E-state index in [0.717, 1.165) is 25.9 Å². The summed E-state index contributed by atoms with van der Waals surface area (Å²) in [4.78, 5) is 12.2. The van der Waals surface area contributed by atoms with Gasteiger partial charge in [0, 0.05) is 18.7 Å². The number of nitrogens with one attached hydrogen (secondary N) is 3. The molecular weight excluding hydrogens is 314 g/mol. The largest absolute Gasteiger partial charge is 0.352 e. The third-order valence-electron chi connectivity index (χ3n) is 3.82. The van der Waals surface area contributed by atoms with Gasteiger partial charge in [-0.3, -0.25) is 4.79 Å². The van der Waals surface area contributed by atoms with Crippen LogP contribution in [0, 0.1) is 5.92 Å². The van der Waals surface area contributed by atoms with Gasteiger partial charge < -0.3 is 10.6 Å². The maximum atomic E-state index is 12.2. The van der Waals surface area contributed by atoms with Crippen molar-refractivity contribution in [3.05, 3.63) is 42.5 Å². The van der Waals surface area contributed by atoms with Gasteiger partial charge in [-0.05, 0) is 50.0 Å². The van der Waals surface area contributed by atoms with Crippen LogP contribution in [0.25, 0.3) is 0 Å². The van der Waals surface area contributed by atoms with Crippen molar-refractivity contribution >= 4 is 15.9 Å². The summed E-state index contributed by atoms with van der Waals surface area (Å²) in [6.45, 7) is 6.25. The minimum atomic E-state index is -3.62. The minimum absolute atomic E-state index is 0.0759. The lowest BCUT2D eigenvalue weighted by Crippen LogP contribution is -2.27. The van der Waals surface area contributed by atoms with Gasteiger partial charge in [0.05, 0.1) is 4.90 Å². The Balaban J connectivity index is 1.95. The van der Waals surface area contributed by atoms with Gasteiger partial charge in [-0.15, -0.1) is 6.58 Å². The Labute approximate surface area is 137 Å². The molecule has 23 heavy (non-hydrogen) atoms. The molecule has 1 fully saturated rings. The van der Waals surface area contributed by atoms with Crippen LogP contribution in [-0.4, -0.2) is 40.5 Å². The maximum absolute atomic E-state index is 12.2. The standard InChI is InChI=1S/C16H23N3O3S/c1-2-8-19-23(21,22)15-5-3-4-14(11-15)16(20)18-10-7-13-6-9-17-12-13/h2-5,11,13,17,19H,1,6-10,12H2,(H,18,20). The lowest BCUT2D eigenvalue weighted by molar-refractivity contribution is 0.0951. The van der Waals surface area contributed by atoms with Crippen LogP contribution < -0.4 is 15.4 Å². The zero-order valence-corrected chi connectivity index (χ0v) is 13.9. The summed E-state index contributed by atoms with van der Waals surface area (Å²) in [6, 6.07) is 6.03. The van der Waals surface area contributed by atoms with E-state index in [9.17, 15) is 13.2 Å². The summed E-state index contributed by atoms with van der Waals surface area (Å²) in [6.07, 6.45) is 3.53. The summed E-state index contributed by atoms with van der Waals surface area (Å²) in [5.41, 5.74) is 0.344. The van der Waals surface area contributed by atoms with Crippen LogP contribution >= 0.6 is 0 Å². The number of amides is 1. The normalized spacial score (nSPS) is 17.8. The van der Waals surface area contributed by atoms with Crippen molar-refractivity contribution in [3.8, 4) is 0 Å². The van der Waals surface area contributed by atoms with Gasteiger partial charge in [0.1, 0.15) is 0 Å². The van der Waals surface area contributed by atoms with Gasteiger partial charge in [-0.25, -0.2) is 13.1 Å². The molecule has 7 heteroatoms. The predicted molar refractivity (Wildman–Crippen MR) is 89.8 cm³/mol. The number of hydrogen-bond acceptors (Lipinski definition) is 4. The van der Waals surface area contributed by atoms with E-state index in [1.807, 2.05) is 0 Å². The van der Waals surface area contributed by atoms with Crippen molar-refractivity contribution in [1.29, 1.82) is 0 Å². The number of carbonyl (C=O) groups excluding carboxylic acids is 1. The molecule has 3 N–H and O–H groups in total. The van der Waals surface area contributed by atoms with E-state index in [0.29, 0.717) is 18.0 Å². The summed E-state index contributed by atoms with van der Waals surface area (Å²) in [5.74, 6) is 0.349. The smallest absolute Gasteiger partial charge is 0.251 e. The molecule has 0 radical (unpaired) electrons. The molecule has 0 saturated carbocycles. The van der Waals surface area contributed by atoms with Crippen LogP contribution in [0.15, 0.2) is 41.8 Å². The molecule has 1 aliphatic rings. The second-order valence-electron chi connectivity index (χ2n) is 5.57. The van der Waals surface area contributed by atoms with E-state index < -0.39 is 10.0 Å². The fraction of sp³-hybridized carbons (Fsp3) is 0.438. The van der Waals surface area contributed by atoms with Crippen LogP contribution in [0.3, 0.4) is 0 Å². The lowest BCUT2D eigenvalue weighted by Gasteiger charge is -2.10. The first-order valence-electron chi connectivity index (χ1n) is 7.72. The van der Waals surface area contributed by atoms with E-state index in [2.05, 4.69) is 21.9 Å². The SMILES string of the molecule is C=CCNS(=O)(=O)c1cccc(C(=O)NCCC2CCNC2)c1. The fourth-order valence-electron chi connectivity index (χ4n) is 2.51. The third-order valence-corrected chi connectivity index (χ3v) is 5.25. The second kappa shape index (κ2) is 8.24. The van der Waals surface area contributed by atoms with E-state index in [1.54, 1.807) is 12.1 Å². The number of hydrogen-bond donors (Lipinski definition) is 3. The molecule has 1 aromatic rings. The van der Waals surface area contributed by atoms with Crippen molar-refractivity contribution in [3.63, 3.8) is 0 Å². The van der Waals surface area contributed by atoms with Crippen molar-refractivity contribution in [2.24, 2.45) is 5.92 Å². The van der Waals surface area contributed by atoms with Crippen LogP contribution in [0.2, 0.25) is 0 Å². The average molecular weight is 337 g/mol. The van der Waals surface area contributed by atoms with Crippen molar-refractivity contribution in [2.75, 3.05) is 26.2 Å².